The predicted octanol–water partition coefficient (Wildman–Crippen LogP) is 1.84. The van der Waals surface area contributed by atoms with Crippen LogP contribution >= 0.6 is 0 Å². The highest BCUT2D eigenvalue weighted by Gasteiger charge is 2.26. The number of methoxy groups -OCH3 is 1. The average Bonchev–Trinajstić information content (AvgIpc) is 2.80. The van der Waals surface area contributed by atoms with Gasteiger partial charge >= 0.3 is 0 Å². The van der Waals surface area contributed by atoms with Gasteiger partial charge in [0.2, 0.25) is 0 Å². The third-order valence-corrected chi connectivity index (χ3v) is 4.39. The fourth-order valence-electron chi connectivity index (χ4n) is 3.20. The van der Waals surface area contributed by atoms with Crippen LogP contribution in [0.2, 0.25) is 0 Å². The Kier molecular flexibility index (Phi) is 3.87. The first kappa shape index (κ1) is 15.0. The lowest BCUT2D eigenvalue weighted by Crippen LogP contribution is -2.40. The van der Waals surface area contributed by atoms with Crippen molar-refractivity contribution in [1.82, 2.24) is 19.7 Å². The van der Waals surface area contributed by atoms with E-state index in [2.05, 4.69) is 10.1 Å². The van der Waals surface area contributed by atoms with Crippen LogP contribution in [0, 0.1) is 13.8 Å². The maximum absolute atomic E-state index is 12.9. The van der Waals surface area contributed by atoms with Crippen LogP contribution in [-0.4, -0.2) is 51.9 Å². The maximum atomic E-state index is 12.9. The molecule has 0 radical (unpaired) electrons. The van der Waals surface area contributed by atoms with E-state index in [1.807, 2.05) is 31.9 Å². The molecule has 0 saturated carbocycles. The second-order valence-corrected chi connectivity index (χ2v) is 5.95. The van der Waals surface area contributed by atoms with E-state index < -0.39 is 0 Å². The fourth-order valence-corrected chi connectivity index (χ4v) is 3.20. The molecule has 6 nitrogen and oxygen atoms in total. The molecular formula is C16H22N4O2. The van der Waals surface area contributed by atoms with Gasteiger partial charge in [-0.25, -0.2) is 4.98 Å². The summed E-state index contributed by atoms with van der Waals surface area (Å²) < 4.78 is 7.12. The first-order valence-electron chi connectivity index (χ1n) is 7.64. The van der Waals surface area contributed by atoms with Crippen molar-refractivity contribution in [2.45, 2.75) is 32.8 Å². The lowest BCUT2D eigenvalue weighted by molar-refractivity contribution is 0.0351. The maximum Gasteiger partial charge on any atom is 0.254 e. The fraction of sp³-hybridized carbons (Fsp3) is 0.562. The molecule has 1 saturated heterocycles. The molecule has 0 atom stereocenters. The molecule has 0 aromatic carbocycles. The molecule has 0 aliphatic carbocycles. The standard InChI is InChI=1S/C16H22N4O2/c1-10-9-13(14-11(2)18-19(3)15(14)17-10)16(21)20-7-5-12(22-4)6-8-20/h9,12H,5-8H2,1-4H3. The number of aromatic nitrogens is 3. The molecule has 6 heteroatoms. The minimum Gasteiger partial charge on any atom is -0.381 e. The summed E-state index contributed by atoms with van der Waals surface area (Å²) in [6.45, 7) is 5.31. The third-order valence-electron chi connectivity index (χ3n) is 4.39. The second kappa shape index (κ2) is 5.68. The number of likely N-dealkylation sites (tertiary alicyclic amines) is 1. The number of hydrogen-bond donors (Lipinski definition) is 0. The number of carbonyl (C=O) groups is 1. The monoisotopic (exact) mass is 302 g/mol. The number of piperidine rings is 1. The average molecular weight is 302 g/mol. The molecule has 2 aromatic heterocycles. The SMILES string of the molecule is COC1CCN(C(=O)c2cc(C)nc3c2c(C)nn3C)CC1. The van der Waals surface area contributed by atoms with E-state index in [4.69, 9.17) is 4.74 Å². The molecule has 3 heterocycles. The first-order valence-corrected chi connectivity index (χ1v) is 7.64. The molecule has 2 aromatic rings. The molecule has 22 heavy (non-hydrogen) atoms. The molecule has 1 aliphatic rings. The number of amides is 1. The molecule has 0 unspecified atom stereocenters. The van der Waals surface area contributed by atoms with Crippen molar-refractivity contribution in [2.75, 3.05) is 20.2 Å². The Morgan fingerprint density at radius 1 is 1.32 bits per heavy atom. The molecular weight excluding hydrogens is 280 g/mol. The van der Waals surface area contributed by atoms with Crippen LogP contribution in [0.5, 0.6) is 0 Å². The summed E-state index contributed by atoms with van der Waals surface area (Å²) >= 11 is 0. The van der Waals surface area contributed by atoms with Gasteiger partial charge in [0, 0.05) is 32.9 Å². The van der Waals surface area contributed by atoms with Gasteiger partial charge in [0.05, 0.1) is 22.7 Å². The molecule has 0 spiro atoms. The summed E-state index contributed by atoms with van der Waals surface area (Å²) in [5, 5.41) is 5.28. The first-order chi connectivity index (χ1) is 10.5. The molecule has 3 rings (SSSR count). The number of aryl methyl sites for hydroxylation is 3. The van der Waals surface area contributed by atoms with E-state index in [1.165, 1.54) is 0 Å². The van der Waals surface area contributed by atoms with Crippen LogP contribution in [0.25, 0.3) is 11.0 Å². The summed E-state index contributed by atoms with van der Waals surface area (Å²) in [6.07, 6.45) is 2.05. The number of nitrogens with zero attached hydrogens (tertiary/aromatic N) is 4. The van der Waals surface area contributed by atoms with Crippen molar-refractivity contribution in [3.63, 3.8) is 0 Å². The van der Waals surface area contributed by atoms with E-state index in [0.717, 1.165) is 48.4 Å². The zero-order valence-electron chi connectivity index (χ0n) is 13.6. The highest BCUT2D eigenvalue weighted by molar-refractivity contribution is 6.06. The van der Waals surface area contributed by atoms with Crippen molar-refractivity contribution < 1.29 is 9.53 Å². The van der Waals surface area contributed by atoms with Crippen molar-refractivity contribution in [3.8, 4) is 0 Å². The predicted molar refractivity (Wildman–Crippen MR) is 83.9 cm³/mol. The van der Waals surface area contributed by atoms with Gasteiger partial charge in [-0.2, -0.15) is 5.10 Å². The molecule has 0 bridgehead atoms. The van der Waals surface area contributed by atoms with Gasteiger partial charge in [-0.15, -0.1) is 0 Å². The largest absolute Gasteiger partial charge is 0.381 e. The summed E-state index contributed by atoms with van der Waals surface area (Å²) in [4.78, 5) is 19.4. The lowest BCUT2D eigenvalue weighted by atomic mass is 10.0. The van der Waals surface area contributed by atoms with Crippen molar-refractivity contribution in [2.24, 2.45) is 7.05 Å². The van der Waals surface area contributed by atoms with Crippen LogP contribution in [0.4, 0.5) is 0 Å². The Bertz CT molecular complexity index is 714. The van der Waals surface area contributed by atoms with Crippen molar-refractivity contribution in [1.29, 1.82) is 0 Å². The Morgan fingerprint density at radius 3 is 2.64 bits per heavy atom. The van der Waals surface area contributed by atoms with Gasteiger partial charge < -0.3 is 9.64 Å². The van der Waals surface area contributed by atoms with Crippen LogP contribution < -0.4 is 0 Å². The van der Waals surface area contributed by atoms with Crippen LogP contribution in [-0.2, 0) is 11.8 Å². The van der Waals surface area contributed by atoms with Gasteiger partial charge in [0.1, 0.15) is 0 Å². The zero-order valence-corrected chi connectivity index (χ0v) is 13.6. The number of ether oxygens (including phenoxy) is 1. The molecule has 1 aliphatic heterocycles. The van der Waals surface area contributed by atoms with Gasteiger partial charge in [-0.1, -0.05) is 0 Å². The minimum absolute atomic E-state index is 0.0705. The Morgan fingerprint density at radius 2 is 2.00 bits per heavy atom. The second-order valence-electron chi connectivity index (χ2n) is 5.95. The minimum atomic E-state index is 0.0705. The van der Waals surface area contributed by atoms with Gasteiger partial charge in [-0.05, 0) is 32.8 Å². The Labute approximate surface area is 130 Å². The highest BCUT2D eigenvalue weighted by Crippen LogP contribution is 2.24. The van der Waals surface area contributed by atoms with Crippen LogP contribution in [0.15, 0.2) is 6.07 Å². The molecule has 1 fully saturated rings. The summed E-state index contributed by atoms with van der Waals surface area (Å²) in [5.41, 5.74) is 3.17. The molecule has 0 N–H and O–H groups in total. The number of pyridine rings is 1. The van der Waals surface area contributed by atoms with E-state index in [0.29, 0.717) is 5.56 Å². The van der Waals surface area contributed by atoms with Crippen molar-refractivity contribution >= 4 is 16.9 Å². The van der Waals surface area contributed by atoms with Gasteiger partial charge in [0.15, 0.2) is 5.65 Å². The molecule has 1 amide bonds. The van der Waals surface area contributed by atoms with E-state index in [1.54, 1.807) is 11.8 Å². The van der Waals surface area contributed by atoms with Gasteiger partial charge in [-0.3, -0.25) is 9.48 Å². The van der Waals surface area contributed by atoms with E-state index in [-0.39, 0.29) is 12.0 Å². The number of hydrogen-bond acceptors (Lipinski definition) is 4. The van der Waals surface area contributed by atoms with Crippen LogP contribution in [0.3, 0.4) is 0 Å². The summed E-state index contributed by atoms with van der Waals surface area (Å²) in [5.74, 6) is 0.0705. The number of rotatable bonds is 2. The summed E-state index contributed by atoms with van der Waals surface area (Å²) in [6, 6.07) is 1.88. The smallest absolute Gasteiger partial charge is 0.254 e. The normalized spacial score (nSPS) is 16.5. The number of carbonyl (C=O) groups excluding carboxylic acids is 1. The van der Waals surface area contributed by atoms with E-state index >= 15 is 0 Å². The number of fused-ring (bicyclic) bond motifs is 1. The Balaban J connectivity index is 1.98. The third kappa shape index (κ3) is 2.47. The van der Waals surface area contributed by atoms with Crippen LogP contribution in [0.1, 0.15) is 34.6 Å². The Hall–Kier alpha value is -1.95. The summed E-state index contributed by atoms with van der Waals surface area (Å²) in [7, 11) is 3.59. The molecule has 118 valence electrons. The quantitative estimate of drug-likeness (QED) is 0.849. The zero-order chi connectivity index (χ0) is 15.9. The van der Waals surface area contributed by atoms with Crippen molar-refractivity contribution in [3.05, 3.63) is 23.0 Å². The highest BCUT2D eigenvalue weighted by atomic mass is 16.5. The van der Waals surface area contributed by atoms with E-state index in [9.17, 15) is 4.79 Å². The van der Waals surface area contributed by atoms with Gasteiger partial charge in [0.25, 0.3) is 5.91 Å². The lowest BCUT2D eigenvalue weighted by Gasteiger charge is -2.31. The topological polar surface area (TPSA) is 60.2 Å².